The van der Waals surface area contributed by atoms with Gasteiger partial charge in [-0.25, -0.2) is 0 Å². The number of rotatable bonds is 1. The van der Waals surface area contributed by atoms with Gasteiger partial charge in [-0.2, -0.15) is 0 Å². The van der Waals surface area contributed by atoms with Gasteiger partial charge in [-0.1, -0.05) is 24.1 Å². The van der Waals surface area contributed by atoms with Gasteiger partial charge in [0.2, 0.25) is 0 Å². The molecule has 0 aliphatic carbocycles. The monoisotopic (exact) mass is 143 g/mol. The van der Waals surface area contributed by atoms with Crippen molar-refractivity contribution in [2.24, 2.45) is 0 Å². The molecule has 0 heterocycles. The first-order chi connectivity index (χ1) is 5.24. The van der Waals surface area contributed by atoms with Crippen molar-refractivity contribution in [2.75, 3.05) is 0 Å². The molecular formula is C11H11. The first kappa shape index (κ1) is 7.88. The van der Waals surface area contributed by atoms with Gasteiger partial charge in [0, 0.05) is 6.42 Å². The van der Waals surface area contributed by atoms with Crippen LogP contribution in [-0.2, 0) is 6.42 Å². The zero-order chi connectivity index (χ0) is 8.27. The van der Waals surface area contributed by atoms with E-state index in [2.05, 4.69) is 31.9 Å². The van der Waals surface area contributed by atoms with Crippen molar-refractivity contribution in [1.29, 1.82) is 0 Å². The molecule has 0 fully saturated rings. The van der Waals surface area contributed by atoms with E-state index in [1.54, 1.807) is 0 Å². The zero-order valence-electron chi connectivity index (χ0n) is 6.94. The largest absolute Gasteiger partial charge is 0.0843 e. The number of aryl methyl sites for hydroxylation is 2. The Morgan fingerprint density at radius 1 is 1.27 bits per heavy atom. The van der Waals surface area contributed by atoms with Gasteiger partial charge in [0.1, 0.15) is 0 Å². The number of hydrogen-bond donors (Lipinski definition) is 0. The molecule has 0 spiro atoms. The van der Waals surface area contributed by atoms with Crippen LogP contribution in [0.25, 0.3) is 0 Å². The summed E-state index contributed by atoms with van der Waals surface area (Å²) in [6, 6.07) is 6.24. The van der Waals surface area contributed by atoms with E-state index in [1.165, 1.54) is 16.7 Å². The van der Waals surface area contributed by atoms with Crippen LogP contribution in [-0.4, -0.2) is 0 Å². The molecule has 0 atom stereocenters. The summed E-state index contributed by atoms with van der Waals surface area (Å²) in [4.78, 5) is 0. The fourth-order valence-corrected chi connectivity index (χ4v) is 1.02. The van der Waals surface area contributed by atoms with E-state index in [0.29, 0.717) is 6.42 Å². The first-order valence-electron chi connectivity index (χ1n) is 3.70. The van der Waals surface area contributed by atoms with Gasteiger partial charge in [-0.15, -0.1) is 0 Å². The summed E-state index contributed by atoms with van der Waals surface area (Å²) in [5.41, 5.74) is 3.76. The molecule has 11 heavy (non-hydrogen) atoms. The minimum Gasteiger partial charge on any atom is -0.0843 e. The predicted molar refractivity (Wildman–Crippen MR) is 46.8 cm³/mol. The fraction of sp³-hybridized carbons (Fsp3) is 0.273. The quantitative estimate of drug-likeness (QED) is 0.530. The molecule has 0 N–H and O–H groups in total. The molecule has 0 aliphatic heterocycles. The van der Waals surface area contributed by atoms with Gasteiger partial charge < -0.3 is 0 Å². The highest BCUT2D eigenvalue weighted by atomic mass is 14.0. The maximum Gasteiger partial charge on any atom is 0.0350 e. The summed E-state index contributed by atoms with van der Waals surface area (Å²) < 4.78 is 0. The third kappa shape index (κ3) is 1.85. The van der Waals surface area contributed by atoms with Crippen molar-refractivity contribution in [3.8, 4) is 5.92 Å². The van der Waals surface area contributed by atoms with E-state index in [-0.39, 0.29) is 0 Å². The van der Waals surface area contributed by atoms with Crippen LogP contribution in [0.2, 0.25) is 0 Å². The predicted octanol–water partition coefficient (Wildman–Crippen LogP) is 2.44. The molecule has 0 saturated carbocycles. The van der Waals surface area contributed by atoms with Crippen LogP contribution in [0.3, 0.4) is 0 Å². The van der Waals surface area contributed by atoms with Crippen LogP contribution in [0, 0.1) is 26.2 Å². The van der Waals surface area contributed by atoms with Crippen molar-refractivity contribution < 1.29 is 0 Å². The minimum atomic E-state index is 0.626. The van der Waals surface area contributed by atoms with Crippen molar-refractivity contribution >= 4 is 0 Å². The SMILES string of the molecule is [C]#CCc1ccc(C)c(C)c1. The molecule has 0 heteroatoms. The van der Waals surface area contributed by atoms with E-state index < -0.39 is 0 Å². The van der Waals surface area contributed by atoms with E-state index in [0.717, 1.165) is 0 Å². The standard InChI is InChI=1S/C11H11/c1-4-5-11-7-6-9(2)10(3)8-11/h6-8H,5H2,2-3H3. The molecule has 0 aliphatic rings. The molecule has 55 valence electrons. The maximum absolute atomic E-state index is 6.81. The third-order valence-electron chi connectivity index (χ3n) is 1.86. The van der Waals surface area contributed by atoms with Crippen LogP contribution >= 0.6 is 0 Å². The molecular weight excluding hydrogens is 132 g/mol. The van der Waals surface area contributed by atoms with Crippen LogP contribution in [0.5, 0.6) is 0 Å². The third-order valence-corrected chi connectivity index (χ3v) is 1.86. The normalized spacial score (nSPS) is 9.18. The van der Waals surface area contributed by atoms with Gasteiger partial charge in [-0.3, -0.25) is 0 Å². The fourth-order valence-electron chi connectivity index (χ4n) is 1.02. The van der Waals surface area contributed by atoms with Gasteiger partial charge in [0.25, 0.3) is 0 Å². The van der Waals surface area contributed by atoms with Crippen LogP contribution < -0.4 is 0 Å². The molecule has 1 aromatic rings. The summed E-state index contributed by atoms with van der Waals surface area (Å²) >= 11 is 0. The van der Waals surface area contributed by atoms with Gasteiger partial charge in [-0.05, 0) is 37.0 Å². The molecule has 1 rings (SSSR count). The van der Waals surface area contributed by atoms with Crippen molar-refractivity contribution in [1.82, 2.24) is 0 Å². The molecule has 1 aromatic carbocycles. The lowest BCUT2D eigenvalue weighted by molar-refractivity contribution is 1.25. The highest BCUT2D eigenvalue weighted by molar-refractivity contribution is 5.31. The summed E-state index contributed by atoms with van der Waals surface area (Å²) in [6.45, 7) is 4.18. The summed E-state index contributed by atoms with van der Waals surface area (Å²) in [5.74, 6) is 2.38. The Balaban J connectivity index is 2.98. The molecule has 0 aromatic heterocycles. The Labute approximate surface area is 68.3 Å². The van der Waals surface area contributed by atoms with Gasteiger partial charge in [0.15, 0.2) is 0 Å². The highest BCUT2D eigenvalue weighted by Crippen LogP contribution is 2.09. The Hall–Kier alpha value is -1.22. The second-order valence-corrected chi connectivity index (χ2v) is 2.77. The first-order valence-corrected chi connectivity index (χ1v) is 3.70. The Kier molecular flexibility index (Phi) is 2.33. The van der Waals surface area contributed by atoms with Gasteiger partial charge >= 0.3 is 0 Å². The molecule has 1 radical (unpaired) electrons. The van der Waals surface area contributed by atoms with Crippen molar-refractivity contribution in [3.63, 3.8) is 0 Å². The molecule has 0 unspecified atom stereocenters. The second-order valence-electron chi connectivity index (χ2n) is 2.77. The van der Waals surface area contributed by atoms with Crippen molar-refractivity contribution in [2.45, 2.75) is 20.3 Å². The number of hydrogen-bond acceptors (Lipinski definition) is 0. The topological polar surface area (TPSA) is 0 Å². The van der Waals surface area contributed by atoms with Crippen molar-refractivity contribution in [3.05, 3.63) is 41.3 Å². The lowest BCUT2D eigenvalue weighted by Gasteiger charge is -2.00. The lowest BCUT2D eigenvalue weighted by atomic mass is 10.0. The van der Waals surface area contributed by atoms with Crippen LogP contribution in [0.4, 0.5) is 0 Å². The van der Waals surface area contributed by atoms with Crippen LogP contribution in [0.15, 0.2) is 18.2 Å². The summed E-state index contributed by atoms with van der Waals surface area (Å²) in [5, 5.41) is 0. The highest BCUT2D eigenvalue weighted by Gasteiger charge is 1.93. The maximum atomic E-state index is 6.81. The smallest absolute Gasteiger partial charge is 0.0350 e. The van der Waals surface area contributed by atoms with Crippen LogP contribution in [0.1, 0.15) is 16.7 Å². The Morgan fingerprint density at radius 2 is 2.00 bits per heavy atom. The molecule has 0 bridgehead atoms. The zero-order valence-corrected chi connectivity index (χ0v) is 6.94. The van der Waals surface area contributed by atoms with E-state index in [4.69, 9.17) is 6.42 Å². The van der Waals surface area contributed by atoms with E-state index >= 15 is 0 Å². The van der Waals surface area contributed by atoms with E-state index in [9.17, 15) is 0 Å². The molecule has 0 nitrogen and oxygen atoms in total. The van der Waals surface area contributed by atoms with Gasteiger partial charge in [0.05, 0.1) is 0 Å². The second kappa shape index (κ2) is 3.25. The summed E-state index contributed by atoms with van der Waals surface area (Å²) in [6.07, 6.45) is 7.44. The van der Waals surface area contributed by atoms with E-state index in [1.807, 2.05) is 6.07 Å². The Morgan fingerprint density at radius 3 is 2.55 bits per heavy atom. The molecule has 0 amide bonds. The minimum absolute atomic E-state index is 0.626. The lowest BCUT2D eigenvalue weighted by Crippen LogP contribution is -1.85. The number of benzene rings is 1. The summed E-state index contributed by atoms with van der Waals surface area (Å²) in [7, 11) is 0. The Bertz CT molecular complexity index is 289. The average molecular weight is 143 g/mol. The average Bonchev–Trinajstić information content (AvgIpc) is 1.98. The molecule has 0 saturated heterocycles.